The molecule has 5 nitrogen and oxygen atoms in total. The van der Waals surface area contributed by atoms with E-state index in [2.05, 4.69) is 41.6 Å². The van der Waals surface area contributed by atoms with Gasteiger partial charge < -0.3 is 5.73 Å². The SMILES string of the molecule is Cc1cc(NS(=O)(=O)c2ccc(N)c(Br)c2)cnc1Br. The molecular weight excluding hydrogens is 410 g/mol. The summed E-state index contributed by atoms with van der Waals surface area (Å²) in [5.41, 5.74) is 7.36. The molecule has 1 aromatic heterocycles. The van der Waals surface area contributed by atoms with Gasteiger partial charge in [-0.1, -0.05) is 0 Å². The van der Waals surface area contributed by atoms with Gasteiger partial charge in [-0.25, -0.2) is 13.4 Å². The molecule has 0 amide bonds. The fourth-order valence-electron chi connectivity index (χ4n) is 1.50. The Hall–Kier alpha value is -1.12. The number of sulfonamides is 1. The highest BCUT2D eigenvalue weighted by Gasteiger charge is 2.16. The Morgan fingerprint density at radius 1 is 1.25 bits per heavy atom. The van der Waals surface area contributed by atoms with Gasteiger partial charge in [-0.3, -0.25) is 4.72 Å². The molecule has 0 aliphatic carbocycles. The molecule has 1 aromatic carbocycles. The van der Waals surface area contributed by atoms with Gasteiger partial charge in [-0.15, -0.1) is 0 Å². The molecule has 106 valence electrons. The molecule has 0 fully saturated rings. The maximum absolute atomic E-state index is 12.2. The Balaban J connectivity index is 2.35. The summed E-state index contributed by atoms with van der Waals surface area (Å²) in [6.45, 7) is 1.83. The highest BCUT2D eigenvalue weighted by atomic mass is 79.9. The van der Waals surface area contributed by atoms with Gasteiger partial charge in [0, 0.05) is 10.2 Å². The van der Waals surface area contributed by atoms with E-state index in [1.165, 1.54) is 24.4 Å². The van der Waals surface area contributed by atoms with Crippen molar-refractivity contribution < 1.29 is 8.42 Å². The summed E-state index contributed by atoms with van der Waals surface area (Å²) in [6.07, 6.45) is 1.45. The van der Waals surface area contributed by atoms with Crippen molar-refractivity contribution in [1.29, 1.82) is 0 Å². The van der Waals surface area contributed by atoms with Crippen LogP contribution in [0.1, 0.15) is 5.56 Å². The number of benzene rings is 1. The van der Waals surface area contributed by atoms with E-state index in [9.17, 15) is 8.42 Å². The predicted octanol–water partition coefficient (Wildman–Crippen LogP) is 3.30. The smallest absolute Gasteiger partial charge is 0.261 e. The monoisotopic (exact) mass is 419 g/mol. The second-order valence-electron chi connectivity index (χ2n) is 4.12. The first-order valence-electron chi connectivity index (χ1n) is 5.49. The van der Waals surface area contributed by atoms with E-state index in [0.717, 1.165) is 5.56 Å². The minimum atomic E-state index is -3.67. The maximum atomic E-state index is 12.2. The summed E-state index contributed by atoms with van der Waals surface area (Å²) >= 11 is 6.47. The van der Waals surface area contributed by atoms with Gasteiger partial charge in [0.15, 0.2) is 0 Å². The van der Waals surface area contributed by atoms with E-state index < -0.39 is 10.0 Å². The standard InChI is InChI=1S/C12H11Br2N3O2S/c1-7-4-8(6-16-12(7)14)17-20(18,19)9-2-3-11(15)10(13)5-9/h2-6,17H,15H2,1H3. The van der Waals surface area contributed by atoms with E-state index in [1.807, 2.05) is 6.92 Å². The van der Waals surface area contributed by atoms with E-state index >= 15 is 0 Å². The third-order valence-electron chi connectivity index (χ3n) is 2.55. The lowest BCUT2D eigenvalue weighted by molar-refractivity contribution is 0.601. The number of nitrogens with zero attached hydrogens (tertiary/aromatic N) is 1. The lowest BCUT2D eigenvalue weighted by Gasteiger charge is -2.10. The first-order chi connectivity index (χ1) is 9.29. The minimum absolute atomic E-state index is 0.124. The number of pyridine rings is 1. The van der Waals surface area contributed by atoms with Crippen molar-refractivity contribution in [2.45, 2.75) is 11.8 Å². The molecule has 0 aliphatic rings. The summed E-state index contributed by atoms with van der Waals surface area (Å²) in [5.74, 6) is 0. The average Bonchev–Trinajstić information content (AvgIpc) is 2.37. The van der Waals surface area contributed by atoms with Crippen LogP contribution < -0.4 is 10.5 Å². The van der Waals surface area contributed by atoms with Crippen LogP contribution in [0.2, 0.25) is 0 Å². The van der Waals surface area contributed by atoms with Gasteiger partial charge >= 0.3 is 0 Å². The molecule has 0 spiro atoms. The summed E-state index contributed by atoms with van der Waals surface area (Å²) < 4.78 is 28.2. The lowest BCUT2D eigenvalue weighted by atomic mass is 10.3. The van der Waals surface area contributed by atoms with Crippen molar-refractivity contribution in [3.63, 3.8) is 0 Å². The molecule has 2 rings (SSSR count). The number of hydrogen-bond acceptors (Lipinski definition) is 4. The molecule has 20 heavy (non-hydrogen) atoms. The van der Waals surface area contributed by atoms with Crippen molar-refractivity contribution in [2.24, 2.45) is 0 Å². The van der Waals surface area contributed by atoms with Gasteiger partial charge in [0.2, 0.25) is 0 Å². The first-order valence-corrected chi connectivity index (χ1v) is 8.56. The number of nitrogens with one attached hydrogen (secondary N) is 1. The van der Waals surface area contributed by atoms with E-state index in [1.54, 1.807) is 6.07 Å². The van der Waals surface area contributed by atoms with Crippen molar-refractivity contribution in [3.05, 3.63) is 45.1 Å². The number of aromatic nitrogens is 1. The zero-order valence-corrected chi connectivity index (χ0v) is 14.4. The highest BCUT2D eigenvalue weighted by molar-refractivity contribution is 9.10. The molecule has 0 unspecified atom stereocenters. The van der Waals surface area contributed by atoms with Crippen molar-refractivity contribution in [1.82, 2.24) is 4.98 Å². The van der Waals surface area contributed by atoms with Gasteiger partial charge in [0.25, 0.3) is 10.0 Å². The maximum Gasteiger partial charge on any atom is 0.261 e. The lowest BCUT2D eigenvalue weighted by Crippen LogP contribution is -2.13. The number of anilines is 2. The van der Waals surface area contributed by atoms with Crippen LogP contribution in [0.4, 0.5) is 11.4 Å². The van der Waals surface area contributed by atoms with Crippen LogP contribution in [0.5, 0.6) is 0 Å². The highest BCUT2D eigenvalue weighted by Crippen LogP contribution is 2.25. The van der Waals surface area contributed by atoms with Crippen LogP contribution >= 0.6 is 31.9 Å². The second kappa shape index (κ2) is 5.71. The van der Waals surface area contributed by atoms with E-state index in [0.29, 0.717) is 20.5 Å². The second-order valence-corrected chi connectivity index (χ2v) is 7.41. The molecule has 0 bridgehead atoms. The van der Waals surface area contributed by atoms with Crippen LogP contribution in [-0.4, -0.2) is 13.4 Å². The van der Waals surface area contributed by atoms with Gasteiger partial charge in [0.05, 0.1) is 16.8 Å². The zero-order chi connectivity index (χ0) is 14.9. The van der Waals surface area contributed by atoms with Crippen LogP contribution in [0.3, 0.4) is 0 Å². The van der Waals surface area contributed by atoms with Crippen molar-refractivity contribution >= 4 is 53.3 Å². The van der Waals surface area contributed by atoms with Crippen LogP contribution in [-0.2, 0) is 10.0 Å². The van der Waals surface area contributed by atoms with Crippen molar-refractivity contribution in [2.75, 3.05) is 10.5 Å². The predicted molar refractivity (Wildman–Crippen MR) is 86.0 cm³/mol. The molecule has 0 saturated heterocycles. The summed E-state index contributed by atoms with van der Waals surface area (Å²) in [6, 6.07) is 6.13. The summed E-state index contributed by atoms with van der Waals surface area (Å²) in [4.78, 5) is 4.17. The molecule has 0 radical (unpaired) electrons. The molecule has 8 heteroatoms. The topological polar surface area (TPSA) is 85.1 Å². The Labute approximate surface area is 133 Å². The van der Waals surface area contributed by atoms with Gasteiger partial charge in [-0.2, -0.15) is 0 Å². The van der Waals surface area contributed by atoms with Crippen LogP contribution in [0.25, 0.3) is 0 Å². The minimum Gasteiger partial charge on any atom is -0.398 e. The van der Waals surface area contributed by atoms with Crippen LogP contribution in [0.15, 0.2) is 44.4 Å². The Bertz CT molecular complexity index is 763. The molecule has 1 heterocycles. The molecule has 0 aliphatic heterocycles. The Morgan fingerprint density at radius 2 is 1.95 bits per heavy atom. The quantitative estimate of drug-likeness (QED) is 0.589. The number of hydrogen-bond donors (Lipinski definition) is 2. The first kappa shape index (κ1) is 15.3. The number of aryl methyl sites for hydroxylation is 1. The van der Waals surface area contributed by atoms with Crippen molar-refractivity contribution in [3.8, 4) is 0 Å². The normalized spacial score (nSPS) is 11.3. The number of nitrogens with two attached hydrogens (primary N) is 1. The third-order valence-corrected chi connectivity index (χ3v) is 5.44. The molecule has 2 aromatic rings. The van der Waals surface area contributed by atoms with Crippen LogP contribution in [0, 0.1) is 6.92 Å². The molecule has 3 N–H and O–H groups in total. The Kier molecular flexibility index (Phi) is 4.36. The number of halogens is 2. The molecule has 0 saturated carbocycles. The summed E-state index contributed by atoms with van der Waals surface area (Å²) in [7, 11) is -3.67. The van der Waals surface area contributed by atoms with E-state index in [4.69, 9.17) is 5.73 Å². The third kappa shape index (κ3) is 3.31. The molecular formula is C12H11Br2N3O2S. The van der Waals surface area contributed by atoms with Gasteiger partial charge in [0.1, 0.15) is 4.60 Å². The van der Waals surface area contributed by atoms with E-state index in [-0.39, 0.29) is 4.90 Å². The Morgan fingerprint density at radius 3 is 2.55 bits per heavy atom. The fraction of sp³-hybridized carbons (Fsp3) is 0.0833. The fourth-order valence-corrected chi connectivity index (χ4v) is 3.31. The zero-order valence-electron chi connectivity index (χ0n) is 10.4. The summed E-state index contributed by atoms with van der Waals surface area (Å²) in [5, 5.41) is 0. The number of nitrogen functional groups attached to an aromatic ring is 1. The molecule has 0 atom stereocenters. The van der Waals surface area contributed by atoms with Gasteiger partial charge in [-0.05, 0) is 68.6 Å². The number of rotatable bonds is 3. The largest absolute Gasteiger partial charge is 0.398 e. The average molecular weight is 421 g/mol.